The van der Waals surface area contributed by atoms with E-state index in [-0.39, 0.29) is 13.2 Å². The number of nitrogens with zero attached hydrogens (tertiary/aromatic N) is 1. The summed E-state index contributed by atoms with van der Waals surface area (Å²) in [5, 5.41) is 3.11. The average Bonchev–Trinajstić information content (AvgIpc) is 2.53. The number of likely N-dealkylation sites (tertiary alicyclic amines) is 1. The van der Waals surface area contributed by atoms with Crippen LogP contribution >= 0.6 is 11.6 Å². The fraction of sp³-hybridized carbons (Fsp3) is 0.556. The van der Waals surface area contributed by atoms with Crippen LogP contribution in [0.2, 0.25) is 5.02 Å². The van der Waals surface area contributed by atoms with Crippen LogP contribution in [0.3, 0.4) is 0 Å². The van der Waals surface area contributed by atoms with Gasteiger partial charge in [-0.15, -0.1) is 0 Å². The molecule has 0 radical (unpaired) electrons. The Kier molecular flexibility index (Phi) is 6.69. The molecule has 1 aliphatic rings. The highest BCUT2D eigenvalue weighted by Crippen LogP contribution is 2.19. The van der Waals surface area contributed by atoms with Crippen LogP contribution in [0.15, 0.2) is 24.3 Å². The highest BCUT2D eigenvalue weighted by Gasteiger charge is 2.34. The van der Waals surface area contributed by atoms with E-state index in [0.29, 0.717) is 23.7 Å². The SMILES string of the molecule is CC(C)(C)OC(=O)N1CC[C@H](NC(=O)COc2cccc(Cl)c2)[C@@H](F)C1. The van der Waals surface area contributed by atoms with Crippen molar-refractivity contribution in [2.45, 2.75) is 45.0 Å². The number of piperidine rings is 1. The molecule has 2 atom stereocenters. The molecule has 0 aliphatic carbocycles. The molecule has 0 aromatic heterocycles. The van der Waals surface area contributed by atoms with Crippen LogP contribution in [-0.2, 0) is 9.53 Å². The van der Waals surface area contributed by atoms with Crippen molar-refractivity contribution in [1.29, 1.82) is 0 Å². The van der Waals surface area contributed by atoms with Crippen molar-refractivity contribution in [2.75, 3.05) is 19.7 Å². The van der Waals surface area contributed by atoms with Gasteiger partial charge in [-0.1, -0.05) is 17.7 Å². The molecule has 1 fully saturated rings. The summed E-state index contributed by atoms with van der Waals surface area (Å²) >= 11 is 5.84. The van der Waals surface area contributed by atoms with E-state index in [1.807, 2.05) is 0 Å². The normalized spacial score (nSPS) is 20.4. The molecule has 2 rings (SSSR count). The first kappa shape index (κ1) is 20.3. The largest absolute Gasteiger partial charge is 0.484 e. The van der Waals surface area contributed by atoms with E-state index in [1.165, 1.54) is 4.90 Å². The van der Waals surface area contributed by atoms with E-state index in [1.54, 1.807) is 45.0 Å². The van der Waals surface area contributed by atoms with Gasteiger partial charge in [0.15, 0.2) is 6.61 Å². The van der Waals surface area contributed by atoms with Crippen molar-refractivity contribution in [3.05, 3.63) is 29.3 Å². The number of hydrogen-bond acceptors (Lipinski definition) is 4. The second-order valence-electron chi connectivity index (χ2n) is 7.15. The maximum absolute atomic E-state index is 14.3. The molecule has 1 aromatic carbocycles. The summed E-state index contributed by atoms with van der Waals surface area (Å²) in [4.78, 5) is 25.3. The average molecular weight is 387 g/mol. The number of nitrogens with one attached hydrogen (secondary N) is 1. The molecule has 1 N–H and O–H groups in total. The van der Waals surface area contributed by atoms with E-state index in [2.05, 4.69) is 5.32 Å². The lowest BCUT2D eigenvalue weighted by Gasteiger charge is -2.35. The first-order chi connectivity index (χ1) is 12.1. The molecule has 6 nitrogen and oxygen atoms in total. The Bertz CT molecular complexity index is 650. The van der Waals surface area contributed by atoms with E-state index in [9.17, 15) is 14.0 Å². The first-order valence-electron chi connectivity index (χ1n) is 8.44. The number of halogens is 2. The molecule has 0 bridgehead atoms. The summed E-state index contributed by atoms with van der Waals surface area (Å²) in [5.74, 6) is 0.0348. The summed E-state index contributed by atoms with van der Waals surface area (Å²) in [6.45, 7) is 5.23. The van der Waals surface area contributed by atoms with Crippen LogP contribution in [0.25, 0.3) is 0 Å². The maximum atomic E-state index is 14.3. The first-order valence-corrected chi connectivity index (χ1v) is 8.81. The minimum Gasteiger partial charge on any atom is -0.484 e. The molecular formula is C18H24ClFN2O4. The van der Waals surface area contributed by atoms with Crippen LogP contribution in [0, 0.1) is 0 Å². The van der Waals surface area contributed by atoms with Crippen molar-refractivity contribution in [3.8, 4) is 5.75 Å². The van der Waals surface area contributed by atoms with Crippen molar-refractivity contribution >= 4 is 23.6 Å². The number of amides is 2. The maximum Gasteiger partial charge on any atom is 0.410 e. The van der Waals surface area contributed by atoms with Crippen LogP contribution in [0.5, 0.6) is 5.75 Å². The zero-order chi connectivity index (χ0) is 19.3. The highest BCUT2D eigenvalue weighted by atomic mass is 35.5. The molecule has 8 heteroatoms. The third kappa shape index (κ3) is 6.37. The zero-order valence-corrected chi connectivity index (χ0v) is 15.9. The van der Waals surface area contributed by atoms with E-state index in [4.69, 9.17) is 21.1 Å². The van der Waals surface area contributed by atoms with Gasteiger partial charge in [0, 0.05) is 11.6 Å². The molecule has 144 valence electrons. The fourth-order valence-corrected chi connectivity index (χ4v) is 2.69. The van der Waals surface area contributed by atoms with Gasteiger partial charge < -0.3 is 19.7 Å². The minimum absolute atomic E-state index is 0.116. The molecule has 1 heterocycles. The van der Waals surface area contributed by atoms with Gasteiger partial charge >= 0.3 is 6.09 Å². The van der Waals surface area contributed by atoms with Gasteiger partial charge in [0.2, 0.25) is 0 Å². The standard InChI is InChI=1S/C18H24ClFN2O4/c1-18(2,3)26-17(24)22-8-7-15(14(20)10-22)21-16(23)11-25-13-6-4-5-12(19)9-13/h4-6,9,14-15H,7-8,10-11H2,1-3H3,(H,21,23)/t14-,15-/m0/s1. The van der Waals surface area contributed by atoms with E-state index < -0.39 is 29.8 Å². The van der Waals surface area contributed by atoms with E-state index >= 15 is 0 Å². The van der Waals surface area contributed by atoms with Gasteiger partial charge in [0.05, 0.1) is 12.6 Å². The predicted molar refractivity (Wildman–Crippen MR) is 96.2 cm³/mol. The minimum atomic E-state index is -1.37. The van der Waals surface area contributed by atoms with Crippen molar-refractivity contribution in [1.82, 2.24) is 10.2 Å². The second-order valence-corrected chi connectivity index (χ2v) is 7.59. The van der Waals surface area contributed by atoms with Gasteiger partial charge in [-0.2, -0.15) is 0 Å². The molecule has 0 unspecified atom stereocenters. The number of alkyl halides is 1. The van der Waals surface area contributed by atoms with Crippen molar-refractivity contribution in [2.24, 2.45) is 0 Å². The second kappa shape index (κ2) is 8.58. The van der Waals surface area contributed by atoms with Crippen molar-refractivity contribution < 1.29 is 23.5 Å². The lowest BCUT2D eigenvalue weighted by Crippen LogP contribution is -2.55. The molecule has 0 spiro atoms. The smallest absolute Gasteiger partial charge is 0.410 e. The number of ether oxygens (including phenoxy) is 2. The summed E-state index contributed by atoms with van der Waals surface area (Å²) < 4.78 is 24.9. The molecule has 26 heavy (non-hydrogen) atoms. The van der Waals surface area contributed by atoms with Gasteiger partial charge in [0.25, 0.3) is 5.91 Å². The quantitative estimate of drug-likeness (QED) is 0.863. The summed E-state index contributed by atoms with van der Waals surface area (Å²) in [6, 6.07) is 6.01. The highest BCUT2D eigenvalue weighted by molar-refractivity contribution is 6.30. The number of carbonyl (C=O) groups excluding carboxylic acids is 2. The Balaban J connectivity index is 1.78. The molecule has 1 aromatic rings. The van der Waals surface area contributed by atoms with Gasteiger partial charge in [-0.25, -0.2) is 9.18 Å². The summed E-state index contributed by atoms with van der Waals surface area (Å²) in [7, 11) is 0. The van der Waals surface area contributed by atoms with Crippen LogP contribution in [0.4, 0.5) is 9.18 Å². The number of carbonyl (C=O) groups is 2. The Hall–Kier alpha value is -2.02. The Morgan fingerprint density at radius 2 is 2.12 bits per heavy atom. The number of benzene rings is 1. The monoisotopic (exact) mass is 386 g/mol. The zero-order valence-electron chi connectivity index (χ0n) is 15.1. The Morgan fingerprint density at radius 3 is 2.73 bits per heavy atom. The lowest BCUT2D eigenvalue weighted by atomic mass is 10.0. The molecular weight excluding hydrogens is 363 g/mol. The van der Waals surface area contributed by atoms with E-state index in [0.717, 1.165) is 0 Å². The van der Waals surface area contributed by atoms with Gasteiger partial charge in [0.1, 0.15) is 17.5 Å². The topological polar surface area (TPSA) is 67.9 Å². The number of rotatable bonds is 4. The van der Waals surface area contributed by atoms with Gasteiger partial charge in [-0.3, -0.25) is 4.79 Å². The van der Waals surface area contributed by atoms with Crippen LogP contribution < -0.4 is 10.1 Å². The molecule has 2 amide bonds. The predicted octanol–water partition coefficient (Wildman–Crippen LogP) is 3.18. The third-order valence-electron chi connectivity index (χ3n) is 3.71. The van der Waals surface area contributed by atoms with Crippen LogP contribution in [0.1, 0.15) is 27.2 Å². The fourth-order valence-electron chi connectivity index (χ4n) is 2.51. The van der Waals surface area contributed by atoms with Crippen LogP contribution in [-0.4, -0.2) is 54.4 Å². The number of hydrogen-bond donors (Lipinski definition) is 1. The summed E-state index contributed by atoms with van der Waals surface area (Å²) in [6.07, 6.45) is -1.61. The molecule has 1 saturated heterocycles. The molecule has 0 saturated carbocycles. The summed E-state index contributed by atoms with van der Waals surface area (Å²) in [5.41, 5.74) is -0.633. The lowest BCUT2D eigenvalue weighted by molar-refractivity contribution is -0.124. The van der Waals surface area contributed by atoms with Gasteiger partial charge in [-0.05, 0) is 45.4 Å². The Labute approximate surface area is 157 Å². The third-order valence-corrected chi connectivity index (χ3v) is 3.94. The molecule has 1 aliphatic heterocycles. The van der Waals surface area contributed by atoms with Crippen molar-refractivity contribution in [3.63, 3.8) is 0 Å². The Morgan fingerprint density at radius 1 is 1.38 bits per heavy atom.